The Labute approximate surface area is 121 Å². The zero-order chi connectivity index (χ0) is 14.1. The highest BCUT2D eigenvalue weighted by Gasteiger charge is 2.28. The molecule has 6 heteroatoms. The average Bonchev–Trinajstić information content (AvgIpc) is 3.04. The van der Waals surface area contributed by atoms with Crippen LogP contribution in [0.5, 0.6) is 0 Å². The molecule has 1 aromatic heterocycles. The van der Waals surface area contributed by atoms with Gasteiger partial charge in [-0.1, -0.05) is 17.8 Å². The van der Waals surface area contributed by atoms with E-state index in [1.54, 1.807) is 0 Å². The van der Waals surface area contributed by atoms with Crippen LogP contribution < -0.4 is 10.6 Å². The Morgan fingerprint density at radius 1 is 1.50 bits per heavy atom. The van der Waals surface area contributed by atoms with Gasteiger partial charge in [-0.15, -0.1) is 5.10 Å². The molecule has 1 aliphatic rings. The summed E-state index contributed by atoms with van der Waals surface area (Å²) in [7, 11) is 0. The number of aromatic nitrogens is 2. The van der Waals surface area contributed by atoms with Crippen LogP contribution >= 0.6 is 11.5 Å². The fourth-order valence-corrected chi connectivity index (χ4v) is 3.18. The lowest BCUT2D eigenvalue weighted by atomic mass is 10.1. The van der Waals surface area contributed by atoms with Crippen molar-refractivity contribution in [3.8, 4) is 0 Å². The molecule has 2 heterocycles. The number of nitrogens with zero attached hydrogens (tertiary/aromatic N) is 3. The molecular formula is C14H16N4OS. The predicted molar refractivity (Wildman–Crippen MR) is 80.1 cm³/mol. The van der Waals surface area contributed by atoms with Gasteiger partial charge in [0.15, 0.2) is 0 Å². The van der Waals surface area contributed by atoms with Gasteiger partial charge in [0.2, 0.25) is 0 Å². The molecule has 0 atom stereocenters. The van der Waals surface area contributed by atoms with Crippen molar-refractivity contribution in [2.45, 2.75) is 26.2 Å². The number of carbonyl (C=O) groups excluding carboxylic acids is 1. The van der Waals surface area contributed by atoms with Crippen molar-refractivity contribution in [3.63, 3.8) is 0 Å². The maximum Gasteiger partial charge on any atom is 0.271 e. The summed E-state index contributed by atoms with van der Waals surface area (Å²) in [6.07, 6.45) is 2.60. The fraction of sp³-hybridized carbons (Fsp3) is 0.357. The van der Waals surface area contributed by atoms with Crippen LogP contribution in [0, 0.1) is 0 Å². The highest BCUT2D eigenvalue weighted by molar-refractivity contribution is 7.08. The standard InChI is InChI=1S/C14H16N4OS/c1-2-3-11-13(20-17-16-11)14(19)18-7-6-9-8-10(15)4-5-12(9)18/h4-5,8H,2-3,6-7,15H2,1H3. The SMILES string of the molecule is CCCc1nnsc1C(=O)N1CCc2cc(N)ccc21. The molecule has 0 saturated carbocycles. The Morgan fingerprint density at radius 2 is 2.35 bits per heavy atom. The lowest BCUT2D eigenvalue weighted by Crippen LogP contribution is -2.29. The number of amides is 1. The molecular weight excluding hydrogens is 272 g/mol. The third-order valence-electron chi connectivity index (χ3n) is 3.48. The number of nitrogen functional groups attached to an aromatic ring is 1. The highest BCUT2D eigenvalue weighted by Crippen LogP contribution is 2.31. The minimum Gasteiger partial charge on any atom is -0.399 e. The normalized spacial score (nSPS) is 13.6. The number of hydrogen-bond donors (Lipinski definition) is 1. The molecule has 2 N–H and O–H groups in total. The quantitative estimate of drug-likeness (QED) is 0.879. The van der Waals surface area contributed by atoms with Crippen LogP contribution in [0.1, 0.15) is 34.3 Å². The van der Waals surface area contributed by atoms with Crippen LogP contribution in [0.3, 0.4) is 0 Å². The van der Waals surface area contributed by atoms with Crippen molar-refractivity contribution >= 4 is 28.8 Å². The van der Waals surface area contributed by atoms with Crippen LogP contribution in [-0.2, 0) is 12.8 Å². The number of anilines is 2. The first kappa shape index (κ1) is 13.1. The molecule has 5 nitrogen and oxygen atoms in total. The Balaban J connectivity index is 1.91. The molecule has 0 radical (unpaired) electrons. The van der Waals surface area contributed by atoms with Gasteiger partial charge in [0.1, 0.15) is 4.88 Å². The second kappa shape index (κ2) is 5.20. The lowest BCUT2D eigenvalue weighted by molar-refractivity contribution is 0.0992. The predicted octanol–water partition coefficient (Wildman–Crippen LogP) is 2.28. The average molecular weight is 288 g/mol. The Bertz CT molecular complexity index is 652. The number of fused-ring (bicyclic) bond motifs is 1. The minimum absolute atomic E-state index is 0.00646. The number of aryl methyl sites for hydroxylation is 1. The smallest absolute Gasteiger partial charge is 0.271 e. The van der Waals surface area contributed by atoms with Gasteiger partial charge in [-0.05, 0) is 48.1 Å². The van der Waals surface area contributed by atoms with Crippen LogP contribution in [-0.4, -0.2) is 22.0 Å². The number of rotatable bonds is 3. The van der Waals surface area contributed by atoms with Gasteiger partial charge in [-0.25, -0.2) is 0 Å². The molecule has 0 aliphatic carbocycles. The largest absolute Gasteiger partial charge is 0.399 e. The van der Waals surface area contributed by atoms with Crippen molar-refractivity contribution in [2.75, 3.05) is 17.2 Å². The van der Waals surface area contributed by atoms with Gasteiger partial charge in [0, 0.05) is 17.9 Å². The first-order valence-electron chi connectivity index (χ1n) is 6.72. The topological polar surface area (TPSA) is 72.1 Å². The summed E-state index contributed by atoms with van der Waals surface area (Å²) in [5.41, 5.74) is 9.43. The number of carbonyl (C=O) groups is 1. The van der Waals surface area contributed by atoms with Gasteiger partial charge >= 0.3 is 0 Å². The van der Waals surface area contributed by atoms with Gasteiger partial charge < -0.3 is 10.6 Å². The van der Waals surface area contributed by atoms with Crippen LogP contribution in [0.15, 0.2) is 18.2 Å². The van der Waals surface area contributed by atoms with Crippen LogP contribution in [0.2, 0.25) is 0 Å². The van der Waals surface area contributed by atoms with Crippen LogP contribution in [0.4, 0.5) is 11.4 Å². The minimum atomic E-state index is 0.00646. The fourth-order valence-electron chi connectivity index (χ4n) is 2.53. The van der Waals surface area contributed by atoms with E-state index in [2.05, 4.69) is 16.5 Å². The first-order chi connectivity index (χ1) is 9.70. The van der Waals surface area contributed by atoms with E-state index in [9.17, 15) is 4.79 Å². The molecule has 1 amide bonds. The summed E-state index contributed by atoms with van der Waals surface area (Å²) < 4.78 is 3.93. The summed E-state index contributed by atoms with van der Waals surface area (Å²) >= 11 is 1.19. The monoisotopic (exact) mass is 288 g/mol. The summed E-state index contributed by atoms with van der Waals surface area (Å²) in [5.74, 6) is 0.00646. The van der Waals surface area contributed by atoms with Crippen molar-refractivity contribution in [1.29, 1.82) is 0 Å². The van der Waals surface area contributed by atoms with Crippen LogP contribution in [0.25, 0.3) is 0 Å². The van der Waals surface area contributed by atoms with Crippen molar-refractivity contribution < 1.29 is 4.79 Å². The zero-order valence-electron chi connectivity index (χ0n) is 11.3. The summed E-state index contributed by atoms with van der Waals surface area (Å²) in [6, 6.07) is 5.70. The molecule has 0 fully saturated rings. The number of nitrogens with two attached hydrogens (primary N) is 1. The Morgan fingerprint density at radius 3 is 3.15 bits per heavy atom. The molecule has 0 saturated heterocycles. The third kappa shape index (κ3) is 2.16. The van der Waals surface area contributed by atoms with E-state index < -0.39 is 0 Å². The van der Waals surface area contributed by atoms with Gasteiger partial charge in [-0.3, -0.25) is 4.79 Å². The van der Waals surface area contributed by atoms with E-state index in [1.165, 1.54) is 11.5 Å². The maximum absolute atomic E-state index is 12.7. The summed E-state index contributed by atoms with van der Waals surface area (Å²) in [4.78, 5) is 15.1. The molecule has 104 valence electrons. The first-order valence-corrected chi connectivity index (χ1v) is 7.49. The van der Waals surface area contributed by atoms with E-state index in [-0.39, 0.29) is 5.91 Å². The van der Waals surface area contributed by atoms with E-state index >= 15 is 0 Å². The zero-order valence-corrected chi connectivity index (χ0v) is 12.1. The molecule has 1 aliphatic heterocycles. The molecule has 3 rings (SSSR count). The molecule has 0 bridgehead atoms. The molecule has 0 spiro atoms. The molecule has 20 heavy (non-hydrogen) atoms. The van der Waals surface area contributed by atoms with Crippen molar-refractivity contribution in [3.05, 3.63) is 34.3 Å². The van der Waals surface area contributed by atoms with E-state index in [4.69, 9.17) is 5.73 Å². The number of benzene rings is 1. The van der Waals surface area contributed by atoms with E-state index in [0.29, 0.717) is 11.4 Å². The second-order valence-corrected chi connectivity index (χ2v) is 5.65. The maximum atomic E-state index is 12.7. The third-order valence-corrected chi connectivity index (χ3v) is 4.24. The highest BCUT2D eigenvalue weighted by atomic mass is 32.1. The number of hydrogen-bond acceptors (Lipinski definition) is 5. The molecule has 2 aromatic rings. The van der Waals surface area contributed by atoms with E-state index in [1.807, 2.05) is 23.1 Å². The summed E-state index contributed by atoms with van der Waals surface area (Å²) in [6.45, 7) is 2.77. The molecule has 1 aromatic carbocycles. The lowest BCUT2D eigenvalue weighted by Gasteiger charge is -2.16. The Kier molecular flexibility index (Phi) is 3.40. The van der Waals surface area contributed by atoms with Gasteiger partial charge in [-0.2, -0.15) is 0 Å². The molecule has 0 unspecified atom stereocenters. The van der Waals surface area contributed by atoms with E-state index in [0.717, 1.165) is 41.9 Å². The Hall–Kier alpha value is -1.95. The van der Waals surface area contributed by atoms with Gasteiger partial charge in [0.05, 0.1) is 5.69 Å². The van der Waals surface area contributed by atoms with Gasteiger partial charge in [0.25, 0.3) is 5.91 Å². The van der Waals surface area contributed by atoms with Crippen molar-refractivity contribution in [2.24, 2.45) is 0 Å². The summed E-state index contributed by atoms with van der Waals surface area (Å²) in [5, 5.41) is 4.07. The van der Waals surface area contributed by atoms with Crippen molar-refractivity contribution in [1.82, 2.24) is 9.59 Å². The second-order valence-electron chi connectivity index (χ2n) is 4.89.